The molecular weight excluding hydrogens is 479 g/mol. The van der Waals surface area contributed by atoms with Gasteiger partial charge in [0.15, 0.2) is 17.5 Å². The Kier molecular flexibility index (Phi) is 6.05. The number of benzene rings is 3. The molecule has 3 unspecified atom stereocenters. The highest BCUT2D eigenvalue weighted by Gasteiger charge is 2.42. The number of amides is 1. The van der Waals surface area contributed by atoms with Gasteiger partial charge in [-0.15, -0.1) is 9.24 Å². The Morgan fingerprint density at radius 2 is 1.66 bits per heavy atom. The quantitative estimate of drug-likeness (QED) is 0.288. The minimum Gasteiger partial charge on any atom is -0.468 e. The molecule has 0 radical (unpaired) electrons. The fraction of sp³-hybridized carbons (Fsp3) is 0.136. The molecule has 1 amide bonds. The molecule has 0 aromatic heterocycles. The first-order valence-electron chi connectivity index (χ1n) is 9.42. The average molecular weight is 497 g/mol. The lowest BCUT2D eigenvalue weighted by Gasteiger charge is -2.39. The van der Waals surface area contributed by atoms with Crippen molar-refractivity contribution in [1.82, 2.24) is 0 Å². The summed E-state index contributed by atoms with van der Waals surface area (Å²) in [6, 6.07) is 11.3. The van der Waals surface area contributed by atoms with Crippen molar-refractivity contribution in [3.63, 3.8) is 0 Å². The van der Waals surface area contributed by atoms with Crippen molar-refractivity contribution in [1.29, 1.82) is 0 Å². The maximum Gasteiger partial charge on any atom is 0.279 e. The number of rotatable bonds is 3. The van der Waals surface area contributed by atoms with Crippen LogP contribution < -0.4 is 14.9 Å². The summed E-state index contributed by atoms with van der Waals surface area (Å²) in [5.74, 6) is -5.85. The summed E-state index contributed by atoms with van der Waals surface area (Å²) < 4.78 is 63.6. The highest BCUT2D eigenvalue weighted by atomic mass is 31.1. The van der Waals surface area contributed by atoms with Crippen LogP contribution in [0.4, 0.5) is 23.2 Å². The van der Waals surface area contributed by atoms with Crippen LogP contribution in [0.2, 0.25) is 0 Å². The standard InChI is InChI=1S/C22H18F4NO2P3/c1-10-17(24)19(26)18(25)16(20(10)30)12-7-14-15(8-13(12)23)29-22(31,32)21(28)27(14)9-11-5-3-2-4-6-11/h2-8H,9,30-32H2,1H3. The number of anilines is 1. The van der Waals surface area contributed by atoms with Crippen LogP contribution in [0.25, 0.3) is 11.1 Å². The van der Waals surface area contributed by atoms with Gasteiger partial charge in [0.05, 0.1) is 12.2 Å². The highest BCUT2D eigenvalue weighted by molar-refractivity contribution is 7.42. The van der Waals surface area contributed by atoms with Crippen LogP contribution in [-0.4, -0.2) is 11.0 Å². The third kappa shape index (κ3) is 3.81. The van der Waals surface area contributed by atoms with E-state index in [0.29, 0.717) is 0 Å². The number of ether oxygens (including phenoxy) is 1. The Bertz CT molecular complexity index is 1220. The molecule has 0 spiro atoms. The van der Waals surface area contributed by atoms with Gasteiger partial charge in [-0.2, -0.15) is 0 Å². The van der Waals surface area contributed by atoms with E-state index >= 15 is 4.39 Å². The van der Waals surface area contributed by atoms with Crippen molar-refractivity contribution >= 4 is 44.6 Å². The summed E-state index contributed by atoms with van der Waals surface area (Å²) in [6.07, 6.45) is 0. The van der Waals surface area contributed by atoms with Gasteiger partial charge in [-0.3, -0.25) is 4.79 Å². The van der Waals surface area contributed by atoms with Crippen molar-refractivity contribution in [2.24, 2.45) is 0 Å². The molecule has 0 N–H and O–H groups in total. The Morgan fingerprint density at radius 1 is 1.00 bits per heavy atom. The van der Waals surface area contributed by atoms with Crippen LogP contribution in [0.1, 0.15) is 11.1 Å². The average Bonchev–Trinajstić information content (AvgIpc) is 2.75. The normalized spacial score (nSPS) is 14.9. The molecule has 32 heavy (non-hydrogen) atoms. The van der Waals surface area contributed by atoms with Gasteiger partial charge in [-0.25, -0.2) is 17.6 Å². The highest BCUT2D eigenvalue weighted by Crippen LogP contribution is 2.47. The van der Waals surface area contributed by atoms with Gasteiger partial charge in [0.2, 0.25) is 5.08 Å². The van der Waals surface area contributed by atoms with Gasteiger partial charge in [-0.1, -0.05) is 48.8 Å². The molecule has 3 atom stereocenters. The molecule has 1 heterocycles. The zero-order chi connectivity index (χ0) is 23.4. The fourth-order valence-electron chi connectivity index (χ4n) is 3.55. The second-order valence-corrected chi connectivity index (χ2v) is 10.4. The number of hydrogen-bond donors (Lipinski definition) is 0. The molecule has 3 aromatic rings. The third-order valence-electron chi connectivity index (χ3n) is 5.26. The summed E-state index contributed by atoms with van der Waals surface area (Å²) in [5, 5.41) is -1.45. The molecule has 0 saturated carbocycles. The lowest BCUT2D eigenvalue weighted by Crippen LogP contribution is -2.48. The van der Waals surface area contributed by atoms with Crippen molar-refractivity contribution in [2.45, 2.75) is 18.6 Å². The third-order valence-corrected chi connectivity index (χ3v) is 6.71. The van der Waals surface area contributed by atoms with Gasteiger partial charge in [0.1, 0.15) is 11.6 Å². The van der Waals surface area contributed by atoms with Gasteiger partial charge in [-0.05, 0) is 29.4 Å². The maximum absolute atomic E-state index is 15.1. The molecule has 1 aliphatic heterocycles. The predicted molar refractivity (Wildman–Crippen MR) is 126 cm³/mol. The van der Waals surface area contributed by atoms with Crippen LogP contribution in [0.3, 0.4) is 0 Å². The molecule has 166 valence electrons. The van der Waals surface area contributed by atoms with Crippen LogP contribution in [0, 0.1) is 30.2 Å². The number of carbonyl (C=O) groups excluding carboxylic acids is 1. The van der Waals surface area contributed by atoms with Gasteiger partial charge in [0.25, 0.3) is 5.91 Å². The molecule has 1 aliphatic rings. The monoisotopic (exact) mass is 497 g/mol. The second-order valence-electron chi connectivity index (χ2n) is 7.43. The van der Waals surface area contributed by atoms with Gasteiger partial charge < -0.3 is 9.64 Å². The molecule has 0 aliphatic carbocycles. The maximum atomic E-state index is 15.1. The fourth-order valence-corrected chi connectivity index (χ4v) is 4.53. The van der Waals surface area contributed by atoms with Crippen molar-refractivity contribution in [2.75, 3.05) is 4.90 Å². The van der Waals surface area contributed by atoms with E-state index in [1.165, 1.54) is 17.9 Å². The number of nitrogens with zero attached hydrogens (tertiary/aromatic N) is 1. The molecule has 4 rings (SSSR count). The van der Waals surface area contributed by atoms with E-state index in [2.05, 4.69) is 27.7 Å². The molecule has 10 heteroatoms. The Balaban J connectivity index is 1.94. The lowest BCUT2D eigenvalue weighted by molar-refractivity contribution is -0.124. The van der Waals surface area contributed by atoms with E-state index in [1.807, 2.05) is 30.3 Å². The van der Waals surface area contributed by atoms with Crippen molar-refractivity contribution < 1.29 is 27.1 Å². The summed E-state index contributed by atoms with van der Waals surface area (Å²) in [4.78, 5) is 14.5. The van der Waals surface area contributed by atoms with E-state index in [9.17, 15) is 18.0 Å². The van der Waals surface area contributed by atoms with Crippen LogP contribution in [0.15, 0.2) is 42.5 Å². The van der Waals surface area contributed by atoms with E-state index in [4.69, 9.17) is 4.74 Å². The van der Waals surface area contributed by atoms with Crippen LogP contribution in [-0.2, 0) is 11.3 Å². The number of fused-ring (bicyclic) bond motifs is 1. The number of hydrogen-bond acceptors (Lipinski definition) is 2. The number of halogens is 4. The topological polar surface area (TPSA) is 29.5 Å². The minimum absolute atomic E-state index is 0.0237. The number of carbonyl (C=O) groups is 1. The van der Waals surface area contributed by atoms with Gasteiger partial charge in [0, 0.05) is 17.2 Å². The predicted octanol–water partition coefficient (Wildman–Crippen LogP) is 5.05. The lowest BCUT2D eigenvalue weighted by atomic mass is 9.99. The first-order valence-corrected chi connectivity index (χ1v) is 11.1. The summed E-state index contributed by atoms with van der Waals surface area (Å²) in [5.41, 5.74) is 0.0625. The van der Waals surface area contributed by atoms with E-state index in [1.54, 1.807) is 0 Å². The van der Waals surface area contributed by atoms with Crippen LogP contribution >= 0.6 is 27.7 Å². The van der Waals surface area contributed by atoms with Gasteiger partial charge >= 0.3 is 0 Å². The molecule has 0 fully saturated rings. The van der Waals surface area contributed by atoms with Crippen molar-refractivity contribution in [3.05, 3.63) is 76.9 Å². The Morgan fingerprint density at radius 3 is 2.31 bits per heavy atom. The summed E-state index contributed by atoms with van der Waals surface area (Å²) in [7, 11) is 6.67. The largest absolute Gasteiger partial charge is 0.468 e. The Labute approximate surface area is 189 Å². The zero-order valence-electron chi connectivity index (χ0n) is 16.8. The van der Waals surface area contributed by atoms with Crippen molar-refractivity contribution in [3.8, 4) is 16.9 Å². The molecule has 3 nitrogen and oxygen atoms in total. The SMILES string of the molecule is Cc1c(F)c(F)c(F)c(-c2cc3c(cc2F)OC(P)(P)C(=O)N3Cc2ccccc2)c1P. The molecule has 0 saturated heterocycles. The molecular formula is C22H18F4NO2P3. The minimum atomic E-state index is -1.69. The summed E-state index contributed by atoms with van der Waals surface area (Å²) >= 11 is 0. The molecule has 3 aromatic carbocycles. The molecule has 0 bridgehead atoms. The van der Waals surface area contributed by atoms with Crippen LogP contribution in [0.5, 0.6) is 5.75 Å². The summed E-state index contributed by atoms with van der Waals surface area (Å²) in [6.45, 7) is 1.41. The van der Waals surface area contributed by atoms with E-state index < -0.39 is 39.8 Å². The smallest absolute Gasteiger partial charge is 0.279 e. The zero-order valence-corrected chi connectivity index (χ0v) is 20.2. The van der Waals surface area contributed by atoms with E-state index in [-0.39, 0.29) is 34.4 Å². The Hall–Kier alpha value is -2.06. The second kappa shape index (κ2) is 8.37. The first-order chi connectivity index (χ1) is 15.0. The first kappa shape index (κ1) is 23.1. The van der Waals surface area contributed by atoms with E-state index in [0.717, 1.165) is 11.6 Å².